The molecule has 0 radical (unpaired) electrons. The predicted molar refractivity (Wildman–Crippen MR) is 110 cm³/mol. The summed E-state index contributed by atoms with van der Waals surface area (Å²) in [6.07, 6.45) is 0.878. The lowest BCUT2D eigenvalue weighted by molar-refractivity contribution is 0.280. The zero-order valence-electron chi connectivity index (χ0n) is 16.1. The summed E-state index contributed by atoms with van der Waals surface area (Å²) in [5.41, 5.74) is 2.00. The van der Waals surface area contributed by atoms with E-state index in [1.165, 1.54) is 11.5 Å². The van der Waals surface area contributed by atoms with Crippen LogP contribution in [0.3, 0.4) is 0 Å². The number of hydrogen-bond donors (Lipinski definition) is 2. The van der Waals surface area contributed by atoms with E-state index in [-0.39, 0.29) is 6.61 Å². The number of anilines is 1. The highest BCUT2D eigenvalue weighted by atomic mass is 32.1. The molecule has 0 spiro atoms. The van der Waals surface area contributed by atoms with Crippen molar-refractivity contribution in [3.05, 3.63) is 41.2 Å². The molecule has 1 aliphatic rings. The number of rotatable bonds is 6. The molecule has 146 valence electrons. The minimum absolute atomic E-state index is 0.0442. The van der Waals surface area contributed by atoms with Crippen LogP contribution in [0.1, 0.15) is 30.8 Å². The minimum Gasteiger partial charge on any atom is -0.392 e. The summed E-state index contributed by atoms with van der Waals surface area (Å²) in [7, 11) is 0. The van der Waals surface area contributed by atoms with Crippen LogP contribution in [0, 0.1) is 0 Å². The second-order valence-electron chi connectivity index (χ2n) is 6.42. The lowest BCUT2D eigenvalue weighted by Crippen LogP contribution is -2.52. The van der Waals surface area contributed by atoms with Crippen molar-refractivity contribution in [1.82, 2.24) is 19.6 Å². The van der Waals surface area contributed by atoms with Crippen molar-refractivity contribution in [1.29, 1.82) is 0 Å². The van der Waals surface area contributed by atoms with Gasteiger partial charge in [0.2, 0.25) is 5.13 Å². The Kier molecular flexibility index (Phi) is 7.00. The molecule has 2 N–H and O–H groups in total. The van der Waals surface area contributed by atoms with E-state index in [9.17, 15) is 5.11 Å². The smallest absolute Gasteiger partial charge is 0.205 e. The fraction of sp³-hybridized carbons (Fsp3) is 0.526. The van der Waals surface area contributed by atoms with Crippen LogP contribution in [0.4, 0.5) is 5.13 Å². The Morgan fingerprint density at radius 2 is 1.93 bits per heavy atom. The van der Waals surface area contributed by atoms with Crippen molar-refractivity contribution in [2.75, 3.05) is 37.6 Å². The van der Waals surface area contributed by atoms with E-state index in [2.05, 4.69) is 38.3 Å². The molecule has 1 aromatic carbocycles. The summed E-state index contributed by atoms with van der Waals surface area (Å²) in [6, 6.07) is 7.91. The van der Waals surface area contributed by atoms with Crippen LogP contribution in [-0.4, -0.2) is 58.0 Å². The second kappa shape index (κ2) is 9.66. The molecule has 0 atom stereocenters. The Bertz CT molecular complexity index is 754. The van der Waals surface area contributed by atoms with Gasteiger partial charge in [-0.25, -0.2) is 9.98 Å². The van der Waals surface area contributed by atoms with Crippen LogP contribution in [0.5, 0.6) is 0 Å². The fourth-order valence-electron chi connectivity index (χ4n) is 3.08. The van der Waals surface area contributed by atoms with E-state index >= 15 is 0 Å². The molecule has 0 saturated carbocycles. The summed E-state index contributed by atoms with van der Waals surface area (Å²) in [5, 5.41) is 13.9. The van der Waals surface area contributed by atoms with Gasteiger partial charge in [0.1, 0.15) is 5.82 Å². The van der Waals surface area contributed by atoms with Crippen molar-refractivity contribution in [2.45, 2.75) is 33.4 Å². The number of aromatic nitrogens is 2. The largest absolute Gasteiger partial charge is 0.392 e. The van der Waals surface area contributed by atoms with E-state index in [0.29, 0.717) is 6.54 Å². The first kappa shape index (κ1) is 19.6. The monoisotopic (exact) mass is 388 g/mol. The van der Waals surface area contributed by atoms with Gasteiger partial charge in [-0.15, -0.1) is 0 Å². The quantitative estimate of drug-likeness (QED) is 0.581. The van der Waals surface area contributed by atoms with Crippen LogP contribution >= 0.6 is 11.5 Å². The third-order valence-electron chi connectivity index (χ3n) is 4.65. The highest BCUT2D eigenvalue weighted by Gasteiger charge is 2.22. The standard InChI is InChI=1S/C19H28N6OS/c1-3-17-22-19(27-23-17)25-11-9-24(10-12-25)18(20-4-2)21-13-15-7-5-6-8-16(15)14-26/h5-8,26H,3-4,9-14H2,1-2H3,(H,20,21). The summed E-state index contributed by atoms with van der Waals surface area (Å²) in [6.45, 7) is 9.23. The molecule has 8 heteroatoms. The van der Waals surface area contributed by atoms with Crippen molar-refractivity contribution in [2.24, 2.45) is 4.99 Å². The van der Waals surface area contributed by atoms with E-state index in [0.717, 1.165) is 67.2 Å². The van der Waals surface area contributed by atoms with Gasteiger partial charge in [-0.05, 0) is 18.1 Å². The molecule has 0 aliphatic carbocycles. The molecular weight excluding hydrogens is 360 g/mol. The Hall–Kier alpha value is -2.19. The first-order chi connectivity index (χ1) is 13.2. The van der Waals surface area contributed by atoms with Crippen LogP contribution < -0.4 is 10.2 Å². The Morgan fingerprint density at radius 1 is 1.19 bits per heavy atom. The number of piperazine rings is 1. The lowest BCUT2D eigenvalue weighted by atomic mass is 10.1. The average molecular weight is 389 g/mol. The van der Waals surface area contributed by atoms with Gasteiger partial charge in [0, 0.05) is 50.7 Å². The number of aryl methyl sites for hydroxylation is 1. The topological polar surface area (TPSA) is 76.9 Å². The van der Waals surface area contributed by atoms with Gasteiger partial charge in [-0.2, -0.15) is 4.37 Å². The number of aliphatic hydroxyl groups is 1. The SMILES string of the molecule is CCNC(=NCc1ccccc1CO)N1CCN(c2nc(CC)ns2)CC1. The summed E-state index contributed by atoms with van der Waals surface area (Å²) < 4.78 is 4.39. The molecule has 1 fully saturated rings. The molecule has 0 amide bonds. The molecule has 2 aromatic rings. The van der Waals surface area contributed by atoms with E-state index in [1.807, 2.05) is 24.3 Å². The molecule has 0 bridgehead atoms. The second-order valence-corrected chi connectivity index (χ2v) is 7.15. The van der Waals surface area contributed by atoms with Crippen molar-refractivity contribution in [3.63, 3.8) is 0 Å². The maximum Gasteiger partial charge on any atom is 0.205 e. The maximum atomic E-state index is 9.50. The van der Waals surface area contributed by atoms with Crippen LogP contribution in [0.25, 0.3) is 0 Å². The molecule has 1 aromatic heterocycles. The van der Waals surface area contributed by atoms with Gasteiger partial charge >= 0.3 is 0 Å². The molecule has 1 saturated heterocycles. The first-order valence-electron chi connectivity index (χ1n) is 9.53. The highest BCUT2D eigenvalue weighted by molar-refractivity contribution is 7.09. The van der Waals surface area contributed by atoms with E-state index < -0.39 is 0 Å². The Balaban J connectivity index is 1.63. The van der Waals surface area contributed by atoms with Gasteiger partial charge in [-0.3, -0.25) is 0 Å². The van der Waals surface area contributed by atoms with Crippen LogP contribution in [-0.2, 0) is 19.6 Å². The van der Waals surface area contributed by atoms with Gasteiger partial charge in [-0.1, -0.05) is 31.2 Å². The van der Waals surface area contributed by atoms with Crippen molar-refractivity contribution >= 4 is 22.6 Å². The molecular formula is C19H28N6OS. The summed E-state index contributed by atoms with van der Waals surface area (Å²) in [5.74, 6) is 1.85. The third kappa shape index (κ3) is 4.95. The zero-order chi connectivity index (χ0) is 19.1. The van der Waals surface area contributed by atoms with Crippen molar-refractivity contribution in [3.8, 4) is 0 Å². The normalized spacial score (nSPS) is 15.3. The summed E-state index contributed by atoms with van der Waals surface area (Å²) in [4.78, 5) is 14.0. The number of aliphatic imine (C=N–C) groups is 1. The molecule has 0 unspecified atom stereocenters. The molecule has 7 nitrogen and oxygen atoms in total. The predicted octanol–water partition coefficient (Wildman–Crippen LogP) is 1.88. The number of benzene rings is 1. The Morgan fingerprint density at radius 3 is 2.56 bits per heavy atom. The maximum absolute atomic E-state index is 9.50. The highest BCUT2D eigenvalue weighted by Crippen LogP contribution is 2.19. The molecule has 3 rings (SSSR count). The van der Waals surface area contributed by atoms with Crippen molar-refractivity contribution < 1.29 is 5.11 Å². The van der Waals surface area contributed by atoms with Crippen LogP contribution in [0.2, 0.25) is 0 Å². The van der Waals surface area contributed by atoms with Gasteiger partial charge in [0.25, 0.3) is 0 Å². The van der Waals surface area contributed by atoms with Crippen LogP contribution in [0.15, 0.2) is 29.3 Å². The van der Waals surface area contributed by atoms with Gasteiger partial charge < -0.3 is 20.2 Å². The number of aliphatic hydroxyl groups excluding tert-OH is 1. The number of hydrogen-bond acceptors (Lipinski definition) is 6. The van der Waals surface area contributed by atoms with E-state index in [4.69, 9.17) is 4.99 Å². The molecule has 2 heterocycles. The fourth-order valence-corrected chi connectivity index (χ4v) is 3.88. The third-order valence-corrected chi connectivity index (χ3v) is 5.46. The minimum atomic E-state index is 0.0442. The lowest BCUT2D eigenvalue weighted by Gasteiger charge is -2.36. The molecule has 27 heavy (non-hydrogen) atoms. The van der Waals surface area contributed by atoms with Gasteiger partial charge in [0.15, 0.2) is 5.96 Å². The average Bonchev–Trinajstić information content (AvgIpc) is 3.21. The van der Waals surface area contributed by atoms with E-state index in [1.54, 1.807) is 0 Å². The van der Waals surface area contributed by atoms with Gasteiger partial charge in [0.05, 0.1) is 13.2 Å². The molecule has 1 aliphatic heterocycles. The number of guanidine groups is 1. The Labute approximate surface area is 164 Å². The zero-order valence-corrected chi connectivity index (χ0v) is 16.9. The first-order valence-corrected chi connectivity index (χ1v) is 10.3. The summed E-state index contributed by atoms with van der Waals surface area (Å²) >= 11 is 1.49. The number of nitrogens with zero attached hydrogens (tertiary/aromatic N) is 5. The number of nitrogens with one attached hydrogen (secondary N) is 1.